The molecule has 2 heteroatoms. The quantitative estimate of drug-likeness (QED) is 0.802. The van der Waals surface area contributed by atoms with Gasteiger partial charge in [0, 0.05) is 6.04 Å². The van der Waals surface area contributed by atoms with Gasteiger partial charge in [-0.3, -0.25) is 0 Å². The Morgan fingerprint density at radius 1 is 1.17 bits per heavy atom. The summed E-state index contributed by atoms with van der Waals surface area (Å²) in [5.41, 5.74) is 2.77. The molecule has 2 rings (SSSR count). The number of hydrogen-bond acceptors (Lipinski definition) is 2. The molecule has 2 atom stereocenters. The second-order valence-electron chi connectivity index (χ2n) is 5.44. The van der Waals surface area contributed by atoms with E-state index in [2.05, 4.69) is 36.5 Å². The first-order valence-electron chi connectivity index (χ1n) is 7.23. The van der Waals surface area contributed by atoms with Crippen LogP contribution in [0.2, 0.25) is 0 Å². The Morgan fingerprint density at radius 2 is 1.94 bits per heavy atom. The Kier molecular flexibility index (Phi) is 5.21. The van der Waals surface area contributed by atoms with Crippen molar-refractivity contribution in [3.05, 3.63) is 35.4 Å². The molecular weight excluding hydrogens is 222 g/mol. The van der Waals surface area contributed by atoms with E-state index in [0.29, 0.717) is 6.04 Å². The molecule has 0 saturated heterocycles. The van der Waals surface area contributed by atoms with Crippen molar-refractivity contribution in [2.75, 3.05) is 6.54 Å². The van der Waals surface area contributed by atoms with Crippen molar-refractivity contribution < 1.29 is 5.11 Å². The normalized spacial score (nSPS) is 24.8. The van der Waals surface area contributed by atoms with Crippen LogP contribution >= 0.6 is 0 Å². The minimum atomic E-state index is -0.149. The van der Waals surface area contributed by atoms with Gasteiger partial charge in [-0.05, 0) is 43.9 Å². The Bertz CT molecular complexity index is 364. The number of aliphatic hydroxyl groups excluding tert-OH is 1. The molecule has 0 bridgehead atoms. The fourth-order valence-electron chi connectivity index (χ4n) is 2.81. The lowest BCUT2D eigenvalue weighted by molar-refractivity contribution is 0.120. The predicted molar refractivity (Wildman–Crippen MR) is 75.8 cm³/mol. The third-order valence-corrected chi connectivity index (χ3v) is 4.04. The molecule has 1 aromatic carbocycles. The lowest BCUT2D eigenvalue weighted by Crippen LogP contribution is -2.40. The number of nitrogens with one attached hydrogen (secondary N) is 1. The molecule has 1 saturated carbocycles. The molecule has 2 nitrogen and oxygen atoms in total. The SMILES string of the molecule is Cc1ccccc1CCNC1CCCCCC1O. The zero-order valence-electron chi connectivity index (χ0n) is 11.4. The van der Waals surface area contributed by atoms with E-state index >= 15 is 0 Å². The van der Waals surface area contributed by atoms with Crippen molar-refractivity contribution in [3.63, 3.8) is 0 Å². The van der Waals surface area contributed by atoms with Crippen LogP contribution in [0.4, 0.5) is 0 Å². The summed E-state index contributed by atoms with van der Waals surface area (Å²) in [5, 5.41) is 13.6. The number of aryl methyl sites for hydroxylation is 1. The Hall–Kier alpha value is -0.860. The molecule has 100 valence electrons. The summed E-state index contributed by atoms with van der Waals surface area (Å²) < 4.78 is 0. The summed E-state index contributed by atoms with van der Waals surface area (Å²) in [6.45, 7) is 3.13. The van der Waals surface area contributed by atoms with Gasteiger partial charge in [0.15, 0.2) is 0 Å². The molecular formula is C16H25NO. The smallest absolute Gasteiger partial charge is 0.0693 e. The highest BCUT2D eigenvalue weighted by atomic mass is 16.3. The first-order chi connectivity index (χ1) is 8.77. The van der Waals surface area contributed by atoms with Crippen molar-refractivity contribution in [2.24, 2.45) is 0 Å². The minimum absolute atomic E-state index is 0.149. The Morgan fingerprint density at radius 3 is 2.78 bits per heavy atom. The van der Waals surface area contributed by atoms with Crippen LogP contribution < -0.4 is 5.32 Å². The number of rotatable bonds is 4. The van der Waals surface area contributed by atoms with Crippen molar-refractivity contribution in [3.8, 4) is 0 Å². The first-order valence-corrected chi connectivity index (χ1v) is 7.23. The first kappa shape index (κ1) is 13.6. The molecule has 0 aromatic heterocycles. The third-order valence-electron chi connectivity index (χ3n) is 4.04. The standard InChI is InChI=1S/C16H25NO/c1-13-7-5-6-8-14(13)11-12-17-15-9-3-2-4-10-16(15)18/h5-8,15-18H,2-4,9-12H2,1H3. The van der Waals surface area contributed by atoms with Crippen LogP contribution in [0, 0.1) is 6.92 Å². The fourth-order valence-corrected chi connectivity index (χ4v) is 2.81. The third kappa shape index (κ3) is 3.82. The van der Waals surface area contributed by atoms with Crippen LogP contribution in [0.3, 0.4) is 0 Å². The summed E-state index contributed by atoms with van der Waals surface area (Å²) in [4.78, 5) is 0. The van der Waals surface area contributed by atoms with E-state index in [-0.39, 0.29) is 6.10 Å². The lowest BCUT2D eigenvalue weighted by Gasteiger charge is -2.22. The van der Waals surface area contributed by atoms with E-state index < -0.39 is 0 Å². The van der Waals surface area contributed by atoms with Gasteiger partial charge in [0.1, 0.15) is 0 Å². The average Bonchev–Trinajstić information content (AvgIpc) is 2.57. The summed E-state index contributed by atoms with van der Waals surface area (Å²) in [6, 6.07) is 8.84. The van der Waals surface area contributed by atoms with Crippen LogP contribution in [0.1, 0.15) is 43.2 Å². The van der Waals surface area contributed by atoms with E-state index in [1.807, 2.05) is 0 Å². The summed E-state index contributed by atoms with van der Waals surface area (Å²) in [5.74, 6) is 0. The summed E-state index contributed by atoms with van der Waals surface area (Å²) in [6.07, 6.45) is 6.68. The zero-order valence-corrected chi connectivity index (χ0v) is 11.4. The van der Waals surface area contributed by atoms with Gasteiger partial charge in [0.2, 0.25) is 0 Å². The maximum Gasteiger partial charge on any atom is 0.0693 e. The van der Waals surface area contributed by atoms with Crippen LogP contribution in [-0.4, -0.2) is 23.8 Å². The molecule has 1 aromatic rings. The molecule has 0 amide bonds. The van der Waals surface area contributed by atoms with E-state index in [9.17, 15) is 5.11 Å². The molecule has 2 N–H and O–H groups in total. The number of aliphatic hydroxyl groups is 1. The largest absolute Gasteiger partial charge is 0.392 e. The molecule has 18 heavy (non-hydrogen) atoms. The highest BCUT2D eigenvalue weighted by Gasteiger charge is 2.20. The van der Waals surface area contributed by atoms with Gasteiger partial charge in [-0.25, -0.2) is 0 Å². The van der Waals surface area contributed by atoms with Gasteiger partial charge in [-0.1, -0.05) is 43.5 Å². The lowest BCUT2D eigenvalue weighted by atomic mass is 10.0. The minimum Gasteiger partial charge on any atom is -0.392 e. The van der Waals surface area contributed by atoms with Crippen LogP contribution in [0.25, 0.3) is 0 Å². The molecule has 1 aliphatic carbocycles. The summed E-state index contributed by atoms with van der Waals surface area (Å²) in [7, 11) is 0. The Labute approximate surface area is 110 Å². The maximum absolute atomic E-state index is 10.0. The molecule has 1 fully saturated rings. The van der Waals surface area contributed by atoms with Gasteiger partial charge in [-0.15, -0.1) is 0 Å². The van der Waals surface area contributed by atoms with Crippen LogP contribution in [0.15, 0.2) is 24.3 Å². The number of hydrogen-bond donors (Lipinski definition) is 2. The molecule has 0 spiro atoms. The Balaban J connectivity index is 1.79. The van der Waals surface area contributed by atoms with E-state index in [4.69, 9.17) is 0 Å². The highest BCUT2D eigenvalue weighted by molar-refractivity contribution is 5.25. The van der Waals surface area contributed by atoms with Crippen molar-refractivity contribution >= 4 is 0 Å². The van der Waals surface area contributed by atoms with E-state index in [1.54, 1.807) is 0 Å². The summed E-state index contributed by atoms with van der Waals surface area (Å²) >= 11 is 0. The fraction of sp³-hybridized carbons (Fsp3) is 0.625. The van der Waals surface area contributed by atoms with Crippen LogP contribution in [0.5, 0.6) is 0 Å². The van der Waals surface area contributed by atoms with Gasteiger partial charge in [0.05, 0.1) is 6.10 Å². The average molecular weight is 247 g/mol. The highest BCUT2D eigenvalue weighted by Crippen LogP contribution is 2.18. The predicted octanol–water partition coefficient (Wildman–Crippen LogP) is 2.82. The number of benzene rings is 1. The second-order valence-corrected chi connectivity index (χ2v) is 5.44. The molecule has 2 unspecified atom stereocenters. The van der Waals surface area contributed by atoms with Gasteiger partial charge < -0.3 is 10.4 Å². The van der Waals surface area contributed by atoms with Gasteiger partial charge >= 0.3 is 0 Å². The van der Waals surface area contributed by atoms with Crippen molar-refractivity contribution in [2.45, 2.75) is 57.6 Å². The van der Waals surface area contributed by atoms with Crippen molar-refractivity contribution in [1.82, 2.24) is 5.32 Å². The molecule has 0 radical (unpaired) electrons. The topological polar surface area (TPSA) is 32.3 Å². The van der Waals surface area contributed by atoms with E-state index in [1.165, 1.54) is 30.4 Å². The van der Waals surface area contributed by atoms with Crippen LogP contribution in [-0.2, 0) is 6.42 Å². The molecule has 1 aliphatic rings. The van der Waals surface area contributed by atoms with Gasteiger partial charge in [0.25, 0.3) is 0 Å². The van der Waals surface area contributed by atoms with Gasteiger partial charge in [-0.2, -0.15) is 0 Å². The maximum atomic E-state index is 10.0. The molecule has 0 heterocycles. The van der Waals surface area contributed by atoms with Crippen molar-refractivity contribution in [1.29, 1.82) is 0 Å². The zero-order chi connectivity index (χ0) is 12.8. The second kappa shape index (κ2) is 6.91. The monoisotopic (exact) mass is 247 g/mol. The van der Waals surface area contributed by atoms with E-state index in [0.717, 1.165) is 25.8 Å². The molecule has 0 aliphatic heterocycles.